The predicted octanol–water partition coefficient (Wildman–Crippen LogP) is -6.72. The maximum Gasteiger partial charge on any atom is 4.00 e. The minimum atomic E-state index is -5.68. The Bertz CT molecular complexity index is 157. The third-order valence-corrected chi connectivity index (χ3v) is 1.80. The van der Waals surface area contributed by atoms with Crippen LogP contribution in [0.25, 0.3) is 0 Å². The molecule has 11 heteroatoms. The fraction of sp³-hybridized carbons (Fsp3) is 0. The van der Waals surface area contributed by atoms with Crippen LogP contribution >= 0.6 is 15.6 Å². The molecule has 0 rings (SSSR count). The second kappa shape index (κ2) is 7.05. The Morgan fingerprint density at radius 2 is 1.09 bits per heavy atom. The second-order valence-electron chi connectivity index (χ2n) is 0.976. The molecule has 0 saturated heterocycles. The topological polar surface area (TPSA) is 136 Å². The van der Waals surface area contributed by atoms with E-state index in [0.717, 1.165) is 0 Å². The van der Waals surface area contributed by atoms with Gasteiger partial charge in [-0.05, 0) is 0 Å². The summed E-state index contributed by atoms with van der Waals surface area (Å²) < 4.78 is 21.2. The molecule has 0 atom stereocenters. The first-order chi connectivity index (χ1) is 3.71. The van der Waals surface area contributed by atoms with Gasteiger partial charge in [-0.25, -0.2) is 0 Å². The van der Waals surface area contributed by atoms with Gasteiger partial charge in [-0.3, -0.25) is 0 Å². The monoisotopic (exact) mass is 333 g/mol. The zero-order valence-corrected chi connectivity index (χ0v) is 13.0. The average molecular weight is 332 g/mol. The van der Waals surface area contributed by atoms with E-state index >= 15 is 0 Å². The molecular weight excluding hydrogens is 332 g/mol. The summed E-state index contributed by atoms with van der Waals surface area (Å²) in [6, 6.07) is 0. The van der Waals surface area contributed by atoms with Crippen molar-refractivity contribution in [3.8, 4) is 0 Å². The molecule has 0 aliphatic heterocycles. The zero-order valence-electron chi connectivity index (χ0n) is 5.25. The molecule has 0 radical (unpaired) electrons. The number of hydrogen-bond donors (Lipinski definition) is 0. The molecule has 0 aromatic carbocycles. The maximum absolute atomic E-state index is 9.32. The summed E-state index contributed by atoms with van der Waals surface area (Å²) in [5.41, 5.74) is 0. The third kappa shape index (κ3) is 19.2. The minimum Gasteiger partial charge on any atom is -0.790 e. The van der Waals surface area contributed by atoms with Crippen LogP contribution in [-0.2, 0) is 13.4 Å². The molecule has 56 valence electrons. The van der Waals surface area contributed by atoms with Crippen LogP contribution in [0.2, 0.25) is 0 Å². The van der Waals surface area contributed by atoms with Gasteiger partial charge < -0.3 is 33.0 Å². The molecule has 7 nitrogen and oxygen atoms in total. The summed E-state index contributed by atoms with van der Waals surface area (Å²) in [4.78, 5) is 37.3. The van der Waals surface area contributed by atoms with Gasteiger partial charge in [0, 0.05) is 0 Å². The molecule has 0 aromatic rings. The summed E-state index contributed by atoms with van der Waals surface area (Å²) in [6.45, 7) is 0. The normalized spacial score (nSPS) is 11.3. The van der Waals surface area contributed by atoms with Crippen molar-refractivity contribution >= 4 is 39.6 Å². The van der Waals surface area contributed by atoms with Crippen molar-refractivity contribution in [3.05, 3.63) is 0 Å². The SMILES string of the molecule is O=P([O-])([O-])OP(=O)([O-])[O-].[K+].[Sn+4]. The van der Waals surface area contributed by atoms with Crippen LogP contribution in [0, 0.1) is 0 Å². The maximum atomic E-state index is 9.32. The summed E-state index contributed by atoms with van der Waals surface area (Å²) in [5, 5.41) is 0. The van der Waals surface area contributed by atoms with Gasteiger partial charge in [0.25, 0.3) is 0 Å². The number of phosphoric acid groups is 2. The molecule has 0 aliphatic carbocycles. The molecule has 0 bridgehead atoms. The van der Waals surface area contributed by atoms with Crippen molar-refractivity contribution < 1.29 is 84.4 Å². The van der Waals surface area contributed by atoms with Crippen molar-refractivity contribution in [1.82, 2.24) is 0 Å². The summed E-state index contributed by atoms with van der Waals surface area (Å²) in [7, 11) is -11.4. The van der Waals surface area contributed by atoms with E-state index in [-0.39, 0.29) is 75.3 Å². The number of rotatable bonds is 2. The molecule has 0 saturated carbocycles. The van der Waals surface area contributed by atoms with Crippen LogP contribution in [0.4, 0.5) is 0 Å². The van der Waals surface area contributed by atoms with E-state index in [1.165, 1.54) is 0 Å². The first-order valence-electron chi connectivity index (χ1n) is 1.46. The second-order valence-corrected chi connectivity index (χ2v) is 3.42. The molecule has 0 aromatic heterocycles. The molecule has 0 spiro atoms. The van der Waals surface area contributed by atoms with E-state index in [1.54, 1.807) is 0 Å². The Morgan fingerprint density at radius 3 is 1.09 bits per heavy atom. The van der Waals surface area contributed by atoms with Crippen molar-refractivity contribution in [2.45, 2.75) is 0 Å². The van der Waals surface area contributed by atoms with Gasteiger partial charge in [-0.1, -0.05) is 0 Å². The summed E-state index contributed by atoms with van der Waals surface area (Å²) in [6.07, 6.45) is 0. The van der Waals surface area contributed by atoms with Gasteiger partial charge in [0.2, 0.25) is 0 Å². The van der Waals surface area contributed by atoms with Gasteiger partial charge in [0.05, 0.1) is 15.6 Å². The minimum absolute atomic E-state index is 0. The van der Waals surface area contributed by atoms with Crippen LogP contribution in [-0.4, -0.2) is 23.9 Å². The molecule has 0 amide bonds. The van der Waals surface area contributed by atoms with Crippen LogP contribution in [0.15, 0.2) is 0 Å². The van der Waals surface area contributed by atoms with Crippen molar-refractivity contribution in [2.24, 2.45) is 0 Å². The Morgan fingerprint density at radius 1 is 0.909 bits per heavy atom. The van der Waals surface area contributed by atoms with E-state index in [9.17, 15) is 28.7 Å². The largest absolute Gasteiger partial charge is 4.00 e. The molecule has 0 N–H and O–H groups in total. The Hall–Kier alpha value is 2.70. The van der Waals surface area contributed by atoms with Crippen molar-refractivity contribution in [2.75, 3.05) is 0 Å². The molecule has 0 fully saturated rings. The zero-order chi connectivity index (χ0) is 7.71. The Balaban J connectivity index is -0.000000320. The van der Waals surface area contributed by atoms with E-state index < -0.39 is 15.6 Å². The fourth-order valence-corrected chi connectivity index (χ4v) is 1.10. The number of hydrogen-bond acceptors (Lipinski definition) is 7. The van der Waals surface area contributed by atoms with E-state index in [4.69, 9.17) is 0 Å². The van der Waals surface area contributed by atoms with Crippen LogP contribution in [0.3, 0.4) is 0 Å². The molecule has 0 heterocycles. The fourth-order valence-electron chi connectivity index (χ4n) is 0.122. The predicted molar refractivity (Wildman–Crippen MR) is 22.1 cm³/mol. The van der Waals surface area contributed by atoms with Gasteiger partial charge in [-0.2, -0.15) is 0 Å². The van der Waals surface area contributed by atoms with Gasteiger partial charge in [-0.15, -0.1) is 0 Å². The van der Waals surface area contributed by atoms with Crippen molar-refractivity contribution in [1.29, 1.82) is 0 Å². The van der Waals surface area contributed by atoms with Crippen LogP contribution < -0.4 is 71.0 Å². The van der Waals surface area contributed by atoms with E-state index in [0.29, 0.717) is 0 Å². The van der Waals surface area contributed by atoms with Gasteiger partial charge in [0.15, 0.2) is 0 Å². The summed E-state index contributed by atoms with van der Waals surface area (Å²) >= 11 is 0. The smallest absolute Gasteiger partial charge is 0.790 e. The standard InChI is InChI=1S/K.H4O7P2.Sn/c;1-8(2,3)7-9(4,5)6;/h;(H2,1,2,3)(H2,4,5,6);/q+1;;+4/p-4. The quantitative estimate of drug-likeness (QED) is 0.362. The van der Waals surface area contributed by atoms with Crippen LogP contribution in [0.5, 0.6) is 0 Å². The van der Waals surface area contributed by atoms with Gasteiger partial charge in [0.1, 0.15) is 0 Å². The molecular formula is KO7P2Sn+. The van der Waals surface area contributed by atoms with E-state index in [1.807, 2.05) is 0 Å². The van der Waals surface area contributed by atoms with Gasteiger partial charge >= 0.3 is 75.3 Å². The Kier molecular flexibility index (Phi) is 12.4. The molecule has 0 unspecified atom stereocenters. The first-order valence-corrected chi connectivity index (χ1v) is 4.38. The first kappa shape index (κ1) is 19.3. The van der Waals surface area contributed by atoms with Crippen LogP contribution in [0.1, 0.15) is 0 Å². The van der Waals surface area contributed by atoms with Crippen molar-refractivity contribution in [3.63, 3.8) is 0 Å². The Labute approximate surface area is 122 Å². The molecule has 11 heavy (non-hydrogen) atoms. The van der Waals surface area contributed by atoms with E-state index in [2.05, 4.69) is 4.31 Å². The average Bonchev–Trinajstić information content (AvgIpc) is 1.14. The molecule has 0 aliphatic rings. The summed E-state index contributed by atoms with van der Waals surface area (Å²) in [5.74, 6) is 0. The third-order valence-electron chi connectivity index (χ3n) is 0.200.